The van der Waals surface area contributed by atoms with E-state index in [4.69, 9.17) is 5.11 Å². The Balaban J connectivity index is 1.55. The number of rotatable bonds is 4. The third-order valence-corrected chi connectivity index (χ3v) is 3.99. The van der Waals surface area contributed by atoms with E-state index in [-0.39, 0.29) is 11.7 Å². The highest BCUT2D eigenvalue weighted by molar-refractivity contribution is 7.11. The summed E-state index contributed by atoms with van der Waals surface area (Å²) in [6.07, 6.45) is 3.40. The summed E-state index contributed by atoms with van der Waals surface area (Å²) in [5.74, 6) is -1.04. The Morgan fingerprint density at radius 2 is 2.37 bits per heavy atom. The maximum Gasteiger partial charge on any atom is 0.358 e. The Kier molecular flexibility index (Phi) is 3.03. The quantitative estimate of drug-likeness (QED) is 0.891. The third-order valence-electron chi connectivity index (χ3n) is 3.09. The summed E-state index contributed by atoms with van der Waals surface area (Å²) in [5, 5.41) is 17.3. The minimum atomic E-state index is -1.04. The molecule has 1 aliphatic heterocycles. The van der Waals surface area contributed by atoms with Gasteiger partial charge >= 0.3 is 5.97 Å². The van der Waals surface area contributed by atoms with Gasteiger partial charge in [0.1, 0.15) is 0 Å². The molecule has 3 heterocycles. The van der Waals surface area contributed by atoms with Gasteiger partial charge in [-0.15, -0.1) is 16.4 Å². The van der Waals surface area contributed by atoms with Crippen molar-refractivity contribution in [3.63, 3.8) is 0 Å². The van der Waals surface area contributed by atoms with Gasteiger partial charge in [0, 0.05) is 30.7 Å². The molecule has 1 saturated heterocycles. The summed E-state index contributed by atoms with van der Waals surface area (Å²) in [5.41, 5.74) is -0.00321. The zero-order valence-electron chi connectivity index (χ0n) is 10.4. The van der Waals surface area contributed by atoms with E-state index in [2.05, 4.69) is 20.2 Å². The van der Waals surface area contributed by atoms with Crippen molar-refractivity contribution in [1.29, 1.82) is 0 Å². The number of carboxylic acids is 1. The Labute approximate surface area is 113 Å². The summed E-state index contributed by atoms with van der Waals surface area (Å²) in [6.45, 7) is 4.61. The molecule has 2 aromatic heterocycles. The van der Waals surface area contributed by atoms with E-state index in [9.17, 15) is 4.79 Å². The third kappa shape index (κ3) is 2.49. The van der Waals surface area contributed by atoms with Crippen LogP contribution in [0.1, 0.15) is 26.4 Å². The molecule has 0 saturated carbocycles. The van der Waals surface area contributed by atoms with Crippen molar-refractivity contribution >= 4 is 17.3 Å². The average molecular weight is 279 g/mol. The van der Waals surface area contributed by atoms with Crippen molar-refractivity contribution in [2.75, 3.05) is 13.1 Å². The van der Waals surface area contributed by atoms with E-state index in [1.165, 1.54) is 11.1 Å². The second-order valence-corrected chi connectivity index (χ2v) is 5.90. The first kappa shape index (κ1) is 12.2. The predicted molar refractivity (Wildman–Crippen MR) is 68.1 cm³/mol. The smallest absolute Gasteiger partial charge is 0.358 e. The number of carbonyl (C=O) groups is 1. The molecule has 0 amide bonds. The van der Waals surface area contributed by atoms with Gasteiger partial charge in [-0.05, 0) is 6.92 Å². The highest BCUT2D eigenvalue weighted by atomic mass is 32.1. The minimum absolute atomic E-state index is 0.00321. The number of aromatic carboxylic acids is 1. The van der Waals surface area contributed by atoms with Gasteiger partial charge in [-0.3, -0.25) is 4.90 Å². The van der Waals surface area contributed by atoms with Crippen LogP contribution < -0.4 is 0 Å². The Hall–Kier alpha value is -1.80. The molecule has 0 radical (unpaired) electrons. The molecule has 0 aromatic carbocycles. The maximum absolute atomic E-state index is 10.7. The molecule has 0 spiro atoms. The highest BCUT2D eigenvalue weighted by Gasteiger charge is 2.29. The van der Waals surface area contributed by atoms with Gasteiger partial charge in [-0.2, -0.15) is 0 Å². The summed E-state index contributed by atoms with van der Waals surface area (Å²) in [6, 6.07) is 0.217. The van der Waals surface area contributed by atoms with Crippen LogP contribution in [0.3, 0.4) is 0 Å². The zero-order valence-corrected chi connectivity index (χ0v) is 11.2. The summed E-state index contributed by atoms with van der Waals surface area (Å²) < 4.78 is 1.64. The molecule has 0 bridgehead atoms. The van der Waals surface area contributed by atoms with Crippen molar-refractivity contribution < 1.29 is 9.90 Å². The fourth-order valence-electron chi connectivity index (χ4n) is 2.09. The van der Waals surface area contributed by atoms with E-state index in [1.807, 2.05) is 13.1 Å². The van der Waals surface area contributed by atoms with Crippen LogP contribution in [-0.4, -0.2) is 49.0 Å². The van der Waals surface area contributed by atoms with Crippen molar-refractivity contribution in [2.45, 2.75) is 19.5 Å². The molecule has 1 fully saturated rings. The van der Waals surface area contributed by atoms with Crippen LogP contribution in [0.4, 0.5) is 0 Å². The minimum Gasteiger partial charge on any atom is -0.476 e. The number of hydrogen-bond acceptors (Lipinski definition) is 6. The van der Waals surface area contributed by atoms with Crippen molar-refractivity contribution in [3.05, 3.63) is 28.0 Å². The molecule has 7 nitrogen and oxygen atoms in total. The number of aryl methyl sites for hydroxylation is 1. The summed E-state index contributed by atoms with van der Waals surface area (Å²) >= 11 is 1.71. The maximum atomic E-state index is 10.7. The van der Waals surface area contributed by atoms with Gasteiger partial charge in [0.05, 0.1) is 17.2 Å². The SMILES string of the molecule is Cc1ncc(CN2CC(n3cc(C(=O)O)nn3)C2)s1. The Bertz CT molecular complexity index is 602. The fraction of sp³-hybridized carbons (Fsp3) is 0.455. The van der Waals surface area contributed by atoms with Crippen LogP contribution in [0.15, 0.2) is 12.4 Å². The number of likely N-dealkylation sites (tertiary alicyclic amines) is 1. The molecule has 100 valence electrons. The number of nitrogens with zero attached hydrogens (tertiary/aromatic N) is 5. The number of hydrogen-bond donors (Lipinski definition) is 1. The normalized spacial score (nSPS) is 16.5. The highest BCUT2D eigenvalue weighted by Crippen LogP contribution is 2.24. The number of aromatic nitrogens is 4. The van der Waals surface area contributed by atoms with Crippen molar-refractivity contribution in [3.8, 4) is 0 Å². The van der Waals surface area contributed by atoms with Gasteiger partial charge in [-0.25, -0.2) is 14.5 Å². The molecular formula is C11H13N5O2S. The van der Waals surface area contributed by atoms with E-state index in [0.29, 0.717) is 0 Å². The lowest BCUT2D eigenvalue weighted by Crippen LogP contribution is -2.47. The van der Waals surface area contributed by atoms with E-state index < -0.39 is 5.97 Å². The van der Waals surface area contributed by atoms with Gasteiger partial charge in [0.15, 0.2) is 5.69 Å². The summed E-state index contributed by atoms with van der Waals surface area (Å²) in [4.78, 5) is 18.5. The Morgan fingerprint density at radius 3 is 2.95 bits per heavy atom. The number of thiazole rings is 1. The van der Waals surface area contributed by atoms with E-state index >= 15 is 0 Å². The topological polar surface area (TPSA) is 84.1 Å². The van der Waals surface area contributed by atoms with Crippen LogP contribution >= 0.6 is 11.3 Å². The molecule has 0 aliphatic carbocycles. The largest absolute Gasteiger partial charge is 0.476 e. The first-order chi connectivity index (χ1) is 9.11. The van der Waals surface area contributed by atoms with Crippen molar-refractivity contribution in [1.82, 2.24) is 24.9 Å². The molecule has 1 aliphatic rings. The lowest BCUT2D eigenvalue weighted by atomic mass is 10.1. The van der Waals surface area contributed by atoms with Gasteiger partial charge in [0.25, 0.3) is 0 Å². The predicted octanol–water partition coefficient (Wildman–Crippen LogP) is 0.798. The first-order valence-electron chi connectivity index (χ1n) is 5.90. The number of carboxylic acid groups (broad SMARTS) is 1. The zero-order chi connectivity index (χ0) is 13.4. The molecule has 8 heteroatoms. The van der Waals surface area contributed by atoms with Crippen LogP contribution in [0, 0.1) is 6.92 Å². The molecule has 19 heavy (non-hydrogen) atoms. The van der Waals surface area contributed by atoms with E-state index in [0.717, 1.165) is 24.6 Å². The molecule has 1 N–H and O–H groups in total. The fourth-order valence-corrected chi connectivity index (χ4v) is 2.93. The van der Waals surface area contributed by atoms with E-state index in [1.54, 1.807) is 16.0 Å². The van der Waals surface area contributed by atoms with Crippen LogP contribution in [0.5, 0.6) is 0 Å². The standard InChI is InChI=1S/C11H13N5O2S/c1-7-12-2-9(19-7)5-15-3-8(4-15)16-6-10(11(17)18)13-14-16/h2,6,8H,3-5H2,1H3,(H,17,18). The molecule has 0 atom stereocenters. The van der Waals surface area contributed by atoms with Gasteiger partial charge < -0.3 is 5.11 Å². The molecule has 0 unspecified atom stereocenters. The second kappa shape index (κ2) is 4.71. The first-order valence-corrected chi connectivity index (χ1v) is 6.72. The average Bonchev–Trinajstić information content (AvgIpc) is 2.91. The van der Waals surface area contributed by atoms with Crippen molar-refractivity contribution in [2.24, 2.45) is 0 Å². The monoisotopic (exact) mass is 279 g/mol. The molecule has 3 rings (SSSR count). The van der Waals surface area contributed by atoms with Crippen LogP contribution in [0.2, 0.25) is 0 Å². The lowest BCUT2D eigenvalue weighted by Gasteiger charge is -2.38. The lowest BCUT2D eigenvalue weighted by molar-refractivity contribution is 0.0690. The molecule has 2 aromatic rings. The van der Waals surface area contributed by atoms with Crippen LogP contribution in [0.25, 0.3) is 0 Å². The summed E-state index contributed by atoms with van der Waals surface area (Å²) in [7, 11) is 0. The van der Waals surface area contributed by atoms with Gasteiger partial charge in [0.2, 0.25) is 0 Å². The van der Waals surface area contributed by atoms with Gasteiger partial charge in [-0.1, -0.05) is 5.21 Å². The molecular weight excluding hydrogens is 266 g/mol. The Morgan fingerprint density at radius 1 is 1.58 bits per heavy atom. The van der Waals surface area contributed by atoms with Crippen LogP contribution in [-0.2, 0) is 6.54 Å². The second-order valence-electron chi connectivity index (χ2n) is 4.58.